The molecule has 0 radical (unpaired) electrons. The van der Waals surface area contributed by atoms with Crippen LogP contribution in [0.1, 0.15) is 20.8 Å². The fraction of sp³-hybridized carbons (Fsp3) is 0.625. The highest BCUT2D eigenvalue weighted by atomic mass is 32.2. The number of hydrogen-bond acceptors (Lipinski definition) is 4. The van der Waals surface area contributed by atoms with E-state index in [0.717, 1.165) is 6.26 Å². The Balaban J connectivity index is 4.79. The zero-order valence-corrected chi connectivity index (χ0v) is 9.38. The fourth-order valence-corrected chi connectivity index (χ4v) is 1.09. The molecule has 14 heavy (non-hydrogen) atoms. The van der Waals surface area contributed by atoms with E-state index in [-0.39, 0.29) is 4.31 Å². The molecule has 0 aromatic heterocycles. The maximum atomic E-state index is 11.2. The van der Waals surface area contributed by atoms with Gasteiger partial charge in [0.1, 0.15) is 5.60 Å². The summed E-state index contributed by atoms with van der Waals surface area (Å²) in [7, 11) is -3.76. The number of terminal acetylenes is 1. The smallest absolute Gasteiger partial charge is 0.436 e. The van der Waals surface area contributed by atoms with Crippen molar-refractivity contribution in [1.29, 1.82) is 0 Å². The number of rotatable bonds is 1. The lowest BCUT2D eigenvalue weighted by atomic mass is 10.2. The molecule has 0 N–H and O–H groups in total. The molecule has 0 rings (SSSR count). The van der Waals surface area contributed by atoms with Crippen molar-refractivity contribution in [2.75, 3.05) is 6.26 Å². The summed E-state index contributed by atoms with van der Waals surface area (Å²) in [5.74, 6) is 0. The number of nitrogens with zero attached hydrogens (tertiary/aromatic N) is 1. The first-order valence-electron chi connectivity index (χ1n) is 3.77. The van der Waals surface area contributed by atoms with Crippen molar-refractivity contribution >= 4 is 16.1 Å². The monoisotopic (exact) mass is 219 g/mol. The van der Waals surface area contributed by atoms with Crippen molar-refractivity contribution in [3.05, 3.63) is 0 Å². The predicted octanol–water partition coefficient (Wildman–Crippen LogP) is 0.774. The average molecular weight is 219 g/mol. The van der Waals surface area contributed by atoms with Crippen molar-refractivity contribution in [2.45, 2.75) is 26.4 Å². The van der Waals surface area contributed by atoms with Gasteiger partial charge in [0.25, 0.3) is 0 Å². The summed E-state index contributed by atoms with van der Waals surface area (Å²) >= 11 is 0. The summed E-state index contributed by atoms with van der Waals surface area (Å²) in [6.45, 7) is 4.84. The lowest BCUT2D eigenvalue weighted by Gasteiger charge is -2.22. The van der Waals surface area contributed by atoms with Crippen LogP contribution in [-0.2, 0) is 14.8 Å². The van der Waals surface area contributed by atoms with Crippen molar-refractivity contribution in [2.24, 2.45) is 0 Å². The van der Waals surface area contributed by atoms with E-state index in [9.17, 15) is 13.2 Å². The molecule has 6 heteroatoms. The summed E-state index contributed by atoms with van der Waals surface area (Å²) in [4.78, 5) is 11.2. The number of sulfonamides is 1. The number of amides is 1. The Bertz CT molecular complexity index is 358. The minimum absolute atomic E-state index is 0.220. The third-order valence-electron chi connectivity index (χ3n) is 1.01. The number of carbonyl (C=O) groups is 1. The van der Waals surface area contributed by atoms with E-state index in [1.54, 1.807) is 26.8 Å². The van der Waals surface area contributed by atoms with Crippen LogP contribution in [0.5, 0.6) is 0 Å². The molecule has 0 unspecified atom stereocenters. The lowest BCUT2D eigenvalue weighted by Crippen LogP contribution is -2.37. The molecule has 1 amide bonds. The first-order chi connectivity index (χ1) is 6.08. The summed E-state index contributed by atoms with van der Waals surface area (Å²) in [5.41, 5.74) is -0.781. The summed E-state index contributed by atoms with van der Waals surface area (Å²) in [6, 6.07) is 1.74. The van der Waals surface area contributed by atoms with Gasteiger partial charge in [0.2, 0.25) is 10.0 Å². The summed E-state index contributed by atoms with van der Waals surface area (Å²) < 4.78 is 26.9. The molecule has 0 aliphatic rings. The number of hydrogen-bond donors (Lipinski definition) is 0. The van der Waals surface area contributed by atoms with Gasteiger partial charge in [-0.25, -0.2) is 13.2 Å². The van der Waals surface area contributed by atoms with Gasteiger partial charge in [0.15, 0.2) is 0 Å². The molecular formula is C8H13NO4S. The van der Waals surface area contributed by atoms with Crippen LogP contribution in [-0.4, -0.2) is 30.7 Å². The topological polar surface area (TPSA) is 63.7 Å². The minimum Gasteiger partial charge on any atom is -0.442 e. The Kier molecular flexibility index (Phi) is 3.54. The van der Waals surface area contributed by atoms with E-state index in [0.29, 0.717) is 0 Å². The molecule has 0 bridgehead atoms. The van der Waals surface area contributed by atoms with Crippen LogP contribution in [0, 0.1) is 12.5 Å². The largest absolute Gasteiger partial charge is 0.442 e. The Labute approximate surface area is 84.1 Å². The quantitative estimate of drug-likeness (QED) is 0.483. The lowest BCUT2D eigenvalue weighted by molar-refractivity contribution is 0.0454. The molecular weight excluding hydrogens is 206 g/mol. The van der Waals surface area contributed by atoms with E-state index in [1.165, 1.54) is 0 Å². The van der Waals surface area contributed by atoms with E-state index in [4.69, 9.17) is 11.2 Å². The van der Waals surface area contributed by atoms with E-state index < -0.39 is 21.7 Å². The Hall–Kier alpha value is -1.22. The molecule has 0 spiro atoms. The van der Waals surface area contributed by atoms with Gasteiger partial charge in [0.05, 0.1) is 6.26 Å². The van der Waals surface area contributed by atoms with Gasteiger partial charge in [-0.1, -0.05) is 6.42 Å². The van der Waals surface area contributed by atoms with Crippen LogP contribution >= 0.6 is 0 Å². The zero-order valence-electron chi connectivity index (χ0n) is 8.57. The maximum Gasteiger partial charge on any atom is 0.436 e. The van der Waals surface area contributed by atoms with E-state index >= 15 is 0 Å². The highest BCUT2D eigenvalue weighted by Gasteiger charge is 2.27. The van der Waals surface area contributed by atoms with Gasteiger partial charge in [-0.2, -0.15) is 0 Å². The summed E-state index contributed by atoms with van der Waals surface area (Å²) in [6.07, 6.45) is 4.64. The highest BCUT2D eigenvalue weighted by molar-refractivity contribution is 7.89. The van der Waals surface area contributed by atoms with Gasteiger partial charge in [-0.3, -0.25) is 0 Å². The molecule has 0 aliphatic heterocycles. The standard InChI is InChI=1S/C8H13NO4S/c1-6-9(14(5,11)12)7(10)13-8(2,3)4/h1H,2-5H3. The summed E-state index contributed by atoms with van der Waals surface area (Å²) in [5, 5.41) is 0. The van der Waals surface area contributed by atoms with Gasteiger partial charge >= 0.3 is 6.09 Å². The maximum absolute atomic E-state index is 11.2. The van der Waals surface area contributed by atoms with Crippen LogP contribution < -0.4 is 0 Å². The van der Waals surface area contributed by atoms with Gasteiger partial charge in [0, 0.05) is 6.04 Å². The van der Waals surface area contributed by atoms with Gasteiger partial charge in [-0.05, 0) is 20.8 Å². The normalized spacial score (nSPS) is 11.6. The van der Waals surface area contributed by atoms with Crippen LogP contribution in [0.25, 0.3) is 0 Å². The molecule has 0 aromatic rings. The van der Waals surface area contributed by atoms with Gasteiger partial charge in [-0.15, -0.1) is 4.31 Å². The number of ether oxygens (including phenoxy) is 1. The van der Waals surface area contributed by atoms with Crippen LogP contribution in [0.15, 0.2) is 0 Å². The van der Waals surface area contributed by atoms with Crippen molar-refractivity contribution in [3.63, 3.8) is 0 Å². The van der Waals surface area contributed by atoms with Crippen LogP contribution in [0.2, 0.25) is 0 Å². The predicted molar refractivity (Wildman–Crippen MR) is 51.7 cm³/mol. The second-order valence-electron chi connectivity index (χ2n) is 3.64. The molecule has 5 nitrogen and oxygen atoms in total. The average Bonchev–Trinajstić information content (AvgIpc) is 1.79. The first kappa shape index (κ1) is 12.8. The first-order valence-corrected chi connectivity index (χ1v) is 5.62. The van der Waals surface area contributed by atoms with Crippen molar-refractivity contribution in [1.82, 2.24) is 4.31 Å². The molecule has 0 heterocycles. The third-order valence-corrected chi connectivity index (χ3v) is 1.93. The van der Waals surface area contributed by atoms with Crippen molar-refractivity contribution in [3.8, 4) is 12.5 Å². The molecule has 0 saturated heterocycles. The zero-order chi connectivity index (χ0) is 11.6. The molecule has 80 valence electrons. The van der Waals surface area contributed by atoms with Gasteiger partial charge < -0.3 is 4.74 Å². The molecule has 0 fully saturated rings. The second-order valence-corrected chi connectivity index (χ2v) is 5.47. The molecule has 0 aliphatic carbocycles. The Morgan fingerprint density at radius 3 is 2.07 bits per heavy atom. The van der Waals surface area contributed by atoms with Crippen molar-refractivity contribution < 1.29 is 17.9 Å². The highest BCUT2D eigenvalue weighted by Crippen LogP contribution is 2.10. The SMILES string of the molecule is C#CN(C(=O)OC(C)(C)C)S(C)(=O)=O. The number of carbonyl (C=O) groups excluding carboxylic acids is 1. The Morgan fingerprint density at radius 2 is 1.86 bits per heavy atom. The minimum atomic E-state index is -3.76. The molecule has 0 aromatic carbocycles. The van der Waals surface area contributed by atoms with E-state index in [1.807, 2.05) is 0 Å². The molecule has 0 saturated carbocycles. The van der Waals surface area contributed by atoms with Crippen LogP contribution in [0.4, 0.5) is 4.79 Å². The Morgan fingerprint density at radius 1 is 1.43 bits per heavy atom. The molecule has 0 atom stereocenters. The van der Waals surface area contributed by atoms with Crippen LogP contribution in [0.3, 0.4) is 0 Å². The fourth-order valence-electron chi connectivity index (χ4n) is 0.587. The van der Waals surface area contributed by atoms with E-state index in [2.05, 4.69) is 0 Å². The second kappa shape index (κ2) is 3.88. The third kappa shape index (κ3) is 4.14.